The molecule has 4 rings (SSSR count). The Labute approximate surface area is 167 Å². The summed E-state index contributed by atoms with van der Waals surface area (Å²) < 4.78 is 38.6. The van der Waals surface area contributed by atoms with E-state index in [0.717, 1.165) is 30.5 Å². The van der Waals surface area contributed by atoms with Crippen LogP contribution in [0.1, 0.15) is 46.9 Å². The summed E-state index contributed by atoms with van der Waals surface area (Å²) in [5.41, 5.74) is 1.98. The van der Waals surface area contributed by atoms with Crippen molar-refractivity contribution < 1.29 is 22.8 Å². The lowest BCUT2D eigenvalue weighted by Crippen LogP contribution is -2.29. The second kappa shape index (κ2) is 7.32. The fourth-order valence-corrected chi connectivity index (χ4v) is 4.26. The van der Waals surface area contributed by atoms with Crippen LogP contribution in [0.3, 0.4) is 0 Å². The third-order valence-corrected chi connectivity index (χ3v) is 5.97. The molecule has 0 unspecified atom stereocenters. The van der Waals surface area contributed by atoms with Crippen molar-refractivity contribution in [2.75, 3.05) is 13.6 Å². The number of likely N-dealkylation sites (tertiary alicyclic amines) is 1. The second-order valence-electron chi connectivity index (χ2n) is 8.04. The van der Waals surface area contributed by atoms with Gasteiger partial charge in [-0.05, 0) is 47.6 Å². The second-order valence-corrected chi connectivity index (χ2v) is 8.04. The summed E-state index contributed by atoms with van der Waals surface area (Å²) >= 11 is 0. The summed E-state index contributed by atoms with van der Waals surface area (Å²) in [6.45, 7) is 0.324. The molecule has 2 fully saturated rings. The number of rotatable bonds is 5. The number of carbonyl (C=O) groups is 2. The molecule has 1 amide bonds. The van der Waals surface area contributed by atoms with Crippen LogP contribution >= 0.6 is 0 Å². The highest BCUT2D eigenvalue weighted by atomic mass is 19.4. The molecule has 3 nitrogen and oxygen atoms in total. The molecule has 0 N–H and O–H groups in total. The molecule has 152 valence electrons. The van der Waals surface area contributed by atoms with Gasteiger partial charge in [0.1, 0.15) is 11.7 Å². The van der Waals surface area contributed by atoms with Crippen LogP contribution in [0.4, 0.5) is 13.2 Å². The van der Waals surface area contributed by atoms with Crippen LogP contribution in [0.25, 0.3) is 0 Å². The first-order valence-electron chi connectivity index (χ1n) is 9.78. The van der Waals surface area contributed by atoms with Crippen LogP contribution < -0.4 is 0 Å². The highest BCUT2D eigenvalue weighted by Crippen LogP contribution is 2.42. The molecule has 6 heteroatoms. The van der Waals surface area contributed by atoms with Crippen molar-refractivity contribution in [2.45, 2.75) is 37.3 Å². The maximum absolute atomic E-state index is 13.1. The van der Waals surface area contributed by atoms with Crippen molar-refractivity contribution in [3.05, 3.63) is 70.8 Å². The number of carbonyl (C=O) groups excluding carboxylic acids is 2. The number of amides is 1. The molecule has 2 atom stereocenters. The lowest BCUT2D eigenvalue weighted by molar-refractivity contribution is -0.138. The molecule has 2 aromatic rings. The van der Waals surface area contributed by atoms with Gasteiger partial charge in [-0.3, -0.25) is 9.59 Å². The zero-order chi connectivity index (χ0) is 20.8. The van der Waals surface area contributed by atoms with E-state index in [4.69, 9.17) is 0 Å². The molecular weight excluding hydrogens is 379 g/mol. The quantitative estimate of drug-likeness (QED) is 0.689. The molecule has 1 aliphatic heterocycles. The summed E-state index contributed by atoms with van der Waals surface area (Å²) in [4.78, 5) is 27.3. The van der Waals surface area contributed by atoms with E-state index in [1.54, 1.807) is 7.05 Å². The van der Waals surface area contributed by atoms with Crippen LogP contribution in [-0.2, 0) is 22.2 Å². The first-order valence-corrected chi connectivity index (χ1v) is 9.78. The largest absolute Gasteiger partial charge is 0.416 e. The number of halogens is 3. The molecule has 29 heavy (non-hydrogen) atoms. The first kappa shape index (κ1) is 19.7. The zero-order valence-corrected chi connectivity index (χ0v) is 16.1. The van der Waals surface area contributed by atoms with Gasteiger partial charge >= 0.3 is 6.18 Å². The van der Waals surface area contributed by atoms with E-state index < -0.39 is 23.6 Å². The minimum atomic E-state index is -4.41. The van der Waals surface area contributed by atoms with Crippen molar-refractivity contribution in [1.29, 1.82) is 0 Å². The minimum Gasteiger partial charge on any atom is -0.344 e. The Hall–Kier alpha value is -2.63. The Balaban J connectivity index is 1.59. The zero-order valence-electron chi connectivity index (χ0n) is 16.1. The molecule has 0 aromatic heterocycles. The normalized spacial score (nSPS) is 22.2. The highest BCUT2D eigenvalue weighted by molar-refractivity contribution is 6.04. The van der Waals surface area contributed by atoms with Gasteiger partial charge in [-0.1, -0.05) is 36.4 Å². The van der Waals surface area contributed by atoms with Gasteiger partial charge in [-0.2, -0.15) is 13.2 Å². The maximum atomic E-state index is 13.1. The summed E-state index contributed by atoms with van der Waals surface area (Å²) in [6.07, 6.45) is -2.01. The van der Waals surface area contributed by atoms with Crippen molar-refractivity contribution in [2.24, 2.45) is 5.92 Å². The molecule has 1 aliphatic carbocycles. The van der Waals surface area contributed by atoms with Crippen LogP contribution in [-0.4, -0.2) is 30.2 Å². The van der Waals surface area contributed by atoms with Crippen LogP contribution in [0.15, 0.2) is 48.5 Å². The van der Waals surface area contributed by atoms with Gasteiger partial charge in [0.15, 0.2) is 0 Å². The number of benzene rings is 2. The Morgan fingerprint density at radius 2 is 1.72 bits per heavy atom. The number of hydrogen-bond donors (Lipinski definition) is 0. The molecule has 1 heterocycles. The van der Waals surface area contributed by atoms with Crippen molar-refractivity contribution in [1.82, 2.24) is 4.90 Å². The van der Waals surface area contributed by atoms with E-state index in [0.29, 0.717) is 18.0 Å². The predicted molar refractivity (Wildman–Crippen MR) is 102 cm³/mol. The summed E-state index contributed by atoms with van der Waals surface area (Å²) in [6, 6.07) is 12.6. The van der Waals surface area contributed by atoms with E-state index in [2.05, 4.69) is 0 Å². The summed E-state index contributed by atoms with van der Waals surface area (Å²) in [5, 5.41) is 0. The number of alkyl halides is 3. The maximum Gasteiger partial charge on any atom is 0.416 e. The molecule has 0 radical (unpaired) electrons. The Kier molecular flexibility index (Phi) is 4.97. The average Bonchev–Trinajstić information content (AvgIpc) is 3.47. The van der Waals surface area contributed by atoms with Crippen molar-refractivity contribution >= 4 is 11.7 Å². The lowest BCUT2D eigenvalue weighted by Gasteiger charge is -2.18. The third-order valence-electron chi connectivity index (χ3n) is 5.97. The number of nitrogens with zero attached hydrogens (tertiary/aromatic N) is 1. The van der Waals surface area contributed by atoms with E-state index in [1.807, 2.05) is 24.3 Å². The van der Waals surface area contributed by atoms with E-state index >= 15 is 0 Å². The van der Waals surface area contributed by atoms with Crippen LogP contribution in [0.5, 0.6) is 0 Å². The molecule has 1 saturated heterocycles. The van der Waals surface area contributed by atoms with E-state index in [1.165, 1.54) is 22.6 Å². The summed E-state index contributed by atoms with van der Waals surface area (Å²) in [7, 11) is 1.63. The lowest BCUT2D eigenvalue weighted by atomic mass is 9.83. The molecule has 2 aromatic carbocycles. The number of Topliss-reactive ketones (excluding diaryl/α,β-unsaturated/α-hetero) is 1. The van der Waals surface area contributed by atoms with Gasteiger partial charge < -0.3 is 4.90 Å². The average molecular weight is 401 g/mol. The first-order chi connectivity index (χ1) is 13.8. The van der Waals surface area contributed by atoms with Gasteiger partial charge in [-0.25, -0.2) is 0 Å². The number of likely N-dealkylation sites (N-methyl/N-ethyl adjacent to an activating group) is 1. The fraction of sp³-hybridized carbons (Fsp3) is 0.391. The van der Waals surface area contributed by atoms with Gasteiger partial charge in [0.05, 0.1) is 5.56 Å². The van der Waals surface area contributed by atoms with Crippen LogP contribution in [0.2, 0.25) is 0 Å². The molecule has 0 spiro atoms. The highest BCUT2D eigenvalue weighted by Gasteiger charge is 2.44. The topological polar surface area (TPSA) is 37.4 Å². The van der Waals surface area contributed by atoms with E-state index in [9.17, 15) is 22.8 Å². The van der Waals surface area contributed by atoms with Crippen LogP contribution in [0, 0.1) is 5.92 Å². The molecular formula is C23H22F3NO2. The standard InChI is InChI=1S/C23H22F3NO2/c1-27-13-19(15-8-10-17(11-9-15)23(24,25)26)21(22(27)29)20(28)12-16-4-2-3-5-18(16)14-6-7-14/h2-5,8-11,14,19,21H,6-7,12-13H2,1H3/t19-,21+/m1/s1. The molecule has 2 aliphatic rings. The smallest absolute Gasteiger partial charge is 0.344 e. The number of ketones is 1. The SMILES string of the molecule is CN1C[C@H](c2ccc(C(F)(F)F)cc2)[C@@H](C(=O)Cc2ccccc2C2CC2)C1=O. The van der Waals surface area contributed by atoms with Crippen molar-refractivity contribution in [3.63, 3.8) is 0 Å². The van der Waals surface area contributed by atoms with Gasteiger partial charge in [0, 0.05) is 25.9 Å². The van der Waals surface area contributed by atoms with Gasteiger partial charge in [0.25, 0.3) is 0 Å². The number of hydrogen-bond acceptors (Lipinski definition) is 2. The fourth-order valence-electron chi connectivity index (χ4n) is 4.26. The molecule has 1 saturated carbocycles. The van der Waals surface area contributed by atoms with E-state index in [-0.39, 0.29) is 18.1 Å². The Bertz CT molecular complexity index is 932. The predicted octanol–water partition coefficient (Wildman–Crippen LogP) is 4.57. The Morgan fingerprint density at radius 1 is 1.07 bits per heavy atom. The van der Waals surface area contributed by atoms with Crippen molar-refractivity contribution in [3.8, 4) is 0 Å². The van der Waals surface area contributed by atoms with Gasteiger partial charge in [0.2, 0.25) is 5.91 Å². The minimum absolute atomic E-state index is 0.169. The summed E-state index contributed by atoms with van der Waals surface area (Å²) in [5.74, 6) is -1.23. The van der Waals surface area contributed by atoms with Gasteiger partial charge in [-0.15, -0.1) is 0 Å². The Morgan fingerprint density at radius 3 is 2.34 bits per heavy atom. The molecule has 0 bridgehead atoms. The third kappa shape index (κ3) is 3.93. The monoisotopic (exact) mass is 401 g/mol.